The second kappa shape index (κ2) is 7.69. The van der Waals surface area contributed by atoms with Crippen LogP contribution in [0.5, 0.6) is 5.75 Å². The molecule has 2 aliphatic rings. The Hall–Kier alpha value is -2.04. The van der Waals surface area contributed by atoms with E-state index in [4.69, 9.17) is 9.47 Å². The Bertz CT molecular complexity index is 570. The first-order valence-electron chi connectivity index (χ1n) is 8.80. The van der Waals surface area contributed by atoms with Crippen LogP contribution in [0.3, 0.4) is 0 Å². The van der Waals surface area contributed by atoms with Crippen LogP contribution in [0.2, 0.25) is 0 Å². The van der Waals surface area contributed by atoms with Crippen molar-refractivity contribution in [1.82, 2.24) is 4.90 Å². The maximum absolute atomic E-state index is 12.4. The molecule has 1 heterocycles. The summed E-state index contributed by atoms with van der Waals surface area (Å²) in [5, 5.41) is 0. The van der Waals surface area contributed by atoms with Crippen LogP contribution in [0.1, 0.15) is 32.6 Å². The van der Waals surface area contributed by atoms with Crippen molar-refractivity contribution in [3.8, 4) is 5.75 Å². The summed E-state index contributed by atoms with van der Waals surface area (Å²) in [6, 6.07) is 9.47. The van der Waals surface area contributed by atoms with Crippen molar-refractivity contribution < 1.29 is 19.1 Å². The number of carbonyl (C=O) groups is 2. The number of benzene rings is 1. The number of carbonyl (C=O) groups excluding carboxylic acids is 2. The van der Waals surface area contributed by atoms with E-state index >= 15 is 0 Å². The minimum Gasteiger partial charge on any atom is -0.490 e. The summed E-state index contributed by atoms with van der Waals surface area (Å²) in [6.07, 6.45) is 3.34. The number of esters is 1. The normalized spacial score (nSPS) is 21.9. The number of nitrogens with zero attached hydrogens (tertiary/aromatic N) is 1. The molecular weight excluding hydrogens is 306 g/mol. The highest BCUT2D eigenvalue weighted by atomic mass is 16.6. The molecule has 1 aliphatic carbocycles. The molecule has 0 N–H and O–H groups in total. The fraction of sp³-hybridized carbons (Fsp3) is 0.579. The number of amides is 1. The van der Waals surface area contributed by atoms with Gasteiger partial charge in [0.2, 0.25) is 5.91 Å². The van der Waals surface area contributed by atoms with Gasteiger partial charge in [0.05, 0.1) is 5.92 Å². The third-order valence-electron chi connectivity index (χ3n) is 4.54. The van der Waals surface area contributed by atoms with E-state index in [1.165, 1.54) is 0 Å². The Morgan fingerprint density at radius 2 is 1.92 bits per heavy atom. The van der Waals surface area contributed by atoms with Crippen molar-refractivity contribution in [2.24, 2.45) is 11.8 Å². The average molecular weight is 331 g/mol. The Labute approximate surface area is 142 Å². The molecule has 24 heavy (non-hydrogen) atoms. The van der Waals surface area contributed by atoms with Crippen LogP contribution in [0.4, 0.5) is 0 Å². The molecule has 2 atom stereocenters. The molecule has 1 saturated heterocycles. The number of ether oxygens (including phenoxy) is 2. The van der Waals surface area contributed by atoms with Crippen LogP contribution in [0, 0.1) is 11.8 Å². The zero-order chi connectivity index (χ0) is 16.9. The Kier molecular flexibility index (Phi) is 5.38. The second-order valence-corrected chi connectivity index (χ2v) is 6.77. The lowest BCUT2D eigenvalue weighted by atomic mass is 9.98. The van der Waals surface area contributed by atoms with E-state index in [0.717, 1.165) is 38.0 Å². The number of para-hydroxylation sites is 1. The molecule has 5 nitrogen and oxygen atoms in total. The van der Waals surface area contributed by atoms with Gasteiger partial charge in [-0.3, -0.25) is 9.59 Å². The molecule has 0 spiro atoms. The predicted octanol–water partition coefficient (Wildman–Crippen LogP) is 2.65. The Balaban J connectivity index is 1.44. The van der Waals surface area contributed by atoms with Gasteiger partial charge in [0.15, 0.2) is 0 Å². The summed E-state index contributed by atoms with van der Waals surface area (Å²) in [4.78, 5) is 26.4. The standard InChI is InChI=1S/C19H25NO4/c1-14(13-23-17-7-3-2-4-8-17)24-19(22)16-6-5-11-20(12-16)18(21)15-9-10-15/h2-4,7-8,14-16H,5-6,9-13H2,1H3/t14-,16+/m1/s1. The third-order valence-corrected chi connectivity index (χ3v) is 4.54. The highest BCUT2D eigenvalue weighted by Crippen LogP contribution is 2.32. The number of hydrogen-bond acceptors (Lipinski definition) is 4. The van der Waals surface area contributed by atoms with E-state index in [9.17, 15) is 9.59 Å². The fourth-order valence-corrected chi connectivity index (χ4v) is 3.02. The largest absolute Gasteiger partial charge is 0.490 e. The quantitative estimate of drug-likeness (QED) is 0.752. The summed E-state index contributed by atoms with van der Waals surface area (Å²) in [6.45, 7) is 3.43. The number of likely N-dealkylation sites (tertiary alicyclic amines) is 1. The van der Waals surface area contributed by atoms with Crippen LogP contribution in [-0.4, -0.2) is 42.6 Å². The lowest BCUT2D eigenvalue weighted by Gasteiger charge is -2.32. The summed E-state index contributed by atoms with van der Waals surface area (Å²) in [7, 11) is 0. The van der Waals surface area contributed by atoms with E-state index in [1.54, 1.807) is 0 Å². The highest BCUT2D eigenvalue weighted by Gasteiger charge is 2.37. The Morgan fingerprint density at radius 3 is 2.62 bits per heavy atom. The SMILES string of the molecule is C[C@H](COc1ccccc1)OC(=O)[C@H]1CCCN(C(=O)C2CC2)C1. The number of hydrogen-bond donors (Lipinski definition) is 0. The van der Waals surface area contributed by atoms with E-state index in [2.05, 4.69) is 0 Å². The summed E-state index contributed by atoms with van der Waals surface area (Å²) in [5.41, 5.74) is 0. The summed E-state index contributed by atoms with van der Waals surface area (Å²) >= 11 is 0. The molecule has 0 radical (unpaired) electrons. The van der Waals surface area contributed by atoms with Gasteiger partial charge in [0.25, 0.3) is 0 Å². The van der Waals surface area contributed by atoms with Crippen molar-refractivity contribution >= 4 is 11.9 Å². The topological polar surface area (TPSA) is 55.8 Å². The lowest BCUT2D eigenvalue weighted by Crippen LogP contribution is -2.44. The second-order valence-electron chi connectivity index (χ2n) is 6.77. The molecule has 3 rings (SSSR count). The molecule has 1 aromatic carbocycles. The van der Waals surface area contributed by atoms with Crippen molar-refractivity contribution in [3.63, 3.8) is 0 Å². The van der Waals surface area contributed by atoms with Gasteiger partial charge >= 0.3 is 5.97 Å². The van der Waals surface area contributed by atoms with Crippen molar-refractivity contribution in [2.45, 2.75) is 38.7 Å². The van der Waals surface area contributed by atoms with E-state index in [-0.39, 0.29) is 29.8 Å². The Morgan fingerprint density at radius 1 is 1.17 bits per heavy atom. The van der Waals surface area contributed by atoms with Gasteiger partial charge in [0, 0.05) is 19.0 Å². The van der Waals surface area contributed by atoms with Crippen molar-refractivity contribution in [3.05, 3.63) is 30.3 Å². The summed E-state index contributed by atoms with van der Waals surface area (Å²) in [5.74, 6) is 0.762. The van der Waals surface area contributed by atoms with Gasteiger partial charge in [-0.2, -0.15) is 0 Å². The predicted molar refractivity (Wildman–Crippen MR) is 89.5 cm³/mol. The molecule has 0 bridgehead atoms. The minimum atomic E-state index is -0.313. The molecule has 1 saturated carbocycles. The third kappa shape index (κ3) is 4.49. The van der Waals surface area contributed by atoms with Gasteiger partial charge < -0.3 is 14.4 Å². The summed E-state index contributed by atoms with van der Waals surface area (Å²) < 4.78 is 11.1. The van der Waals surface area contributed by atoms with Crippen LogP contribution < -0.4 is 4.74 Å². The van der Waals surface area contributed by atoms with Crippen LogP contribution in [-0.2, 0) is 14.3 Å². The monoisotopic (exact) mass is 331 g/mol. The van der Waals surface area contributed by atoms with Crippen molar-refractivity contribution in [2.75, 3.05) is 19.7 Å². The molecule has 2 fully saturated rings. The van der Waals surface area contributed by atoms with Gasteiger partial charge in [0.1, 0.15) is 18.5 Å². The first kappa shape index (κ1) is 16.8. The van der Waals surface area contributed by atoms with Crippen LogP contribution in [0.15, 0.2) is 30.3 Å². The fourth-order valence-electron chi connectivity index (χ4n) is 3.02. The number of piperidine rings is 1. The molecule has 1 amide bonds. The van der Waals surface area contributed by atoms with Crippen LogP contribution in [0.25, 0.3) is 0 Å². The van der Waals surface area contributed by atoms with Crippen molar-refractivity contribution in [1.29, 1.82) is 0 Å². The van der Waals surface area contributed by atoms with E-state index in [1.807, 2.05) is 42.2 Å². The molecule has 130 valence electrons. The molecule has 5 heteroatoms. The molecule has 0 unspecified atom stereocenters. The molecular formula is C19H25NO4. The zero-order valence-electron chi connectivity index (χ0n) is 14.1. The number of rotatable bonds is 6. The maximum atomic E-state index is 12.4. The molecule has 1 aromatic rings. The zero-order valence-corrected chi connectivity index (χ0v) is 14.1. The van der Waals surface area contributed by atoms with Crippen LogP contribution >= 0.6 is 0 Å². The maximum Gasteiger partial charge on any atom is 0.311 e. The average Bonchev–Trinajstić information content (AvgIpc) is 3.45. The van der Waals surface area contributed by atoms with Gasteiger partial charge in [-0.1, -0.05) is 18.2 Å². The minimum absolute atomic E-state index is 0.206. The molecule has 1 aliphatic heterocycles. The smallest absolute Gasteiger partial charge is 0.311 e. The van der Waals surface area contributed by atoms with E-state index in [0.29, 0.717) is 13.2 Å². The first-order valence-corrected chi connectivity index (χ1v) is 8.80. The van der Waals surface area contributed by atoms with Gasteiger partial charge in [-0.05, 0) is 44.7 Å². The van der Waals surface area contributed by atoms with Gasteiger partial charge in [-0.15, -0.1) is 0 Å². The van der Waals surface area contributed by atoms with Gasteiger partial charge in [-0.25, -0.2) is 0 Å². The first-order chi connectivity index (χ1) is 11.6. The highest BCUT2D eigenvalue weighted by molar-refractivity contribution is 5.82. The van der Waals surface area contributed by atoms with E-state index < -0.39 is 0 Å². The molecule has 0 aromatic heterocycles. The lowest BCUT2D eigenvalue weighted by molar-refractivity contribution is -0.157.